The van der Waals surface area contributed by atoms with Crippen molar-refractivity contribution in [3.63, 3.8) is 0 Å². The maximum absolute atomic E-state index is 12.7. The molecule has 2 amide bonds. The van der Waals surface area contributed by atoms with Crippen LogP contribution in [0.2, 0.25) is 5.02 Å². The Balaban J connectivity index is 2.91. The van der Waals surface area contributed by atoms with E-state index in [0.29, 0.717) is 28.4 Å². The molecule has 0 aliphatic carbocycles. The molecule has 0 saturated heterocycles. The third kappa shape index (κ3) is 3.68. The van der Waals surface area contributed by atoms with Crippen LogP contribution in [0.3, 0.4) is 0 Å². The van der Waals surface area contributed by atoms with Crippen molar-refractivity contribution >= 4 is 23.4 Å². The summed E-state index contributed by atoms with van der Waals surface area (Å²) in [5.41, 5.74) is 7.68. The molecule has 0 atom stereocenters. The second-order valence-electron chi connectivity index (χ2n) is 5.86. The Hall–Kier alpha value is -2.91. The fourth-order valence-corrected chi connectivity index (χ4v) is 2.87. The number of halogens is 1. The Kier molecular flexibility index (Phi) is 5.96. The number of carbonyl (C=O) groups is 2. The minimum absolute atomic E-state index is 0.0501. The number of pyridine rings is 1. The molecule has 0 spiro atoms. The van der Waals surface area contributed by atoms with E-state index in [1.54, 1.807) is 26.0 Å². The van der Waals surface area contributed by atoms with Crippen molar-refractivity contribution in [3.05, 3.63) is 51.3 Å². The van der Waals surface area contributed by atoms with Crippen molar-refractivity contribution in [2.45, 2.75) is 27.2 Å². The van der Waals surface area contributed by atoms with Crippen LogP contribution in [0, 0.1) is 25.2 Å². The Bertz CT molecular complexity index is 932. The summed E-state index contributed by atoms with van der Waals surface area (Å²) in [4.78, 5) is 29.1. The highest BCUT2D eigenvalue weighted by atomic mass is 35.5. The normalized spacial score (nSPS) is 10.3. The first-order chi connectivity index (χ1) is 12.3. The van der Waals surface area contributed by atoms with E-state index < -0.39 is 11.8 Å². The SMILES string of the molecule is CCCNC(=O)c1nc(C)cc(C(N)=O)c1-c1c(C#N)ccc(Cl)c1C. The van der Waals surface area contributed by atoms with E-state index in [9.17, 15) is 14.9 Å². The van der Waals surface area contributed by atoms with Gasteiger partial charge in [-0.05, 0) is 44.0 Å². The molecule has 7 heteroatoms. The van der Waals surface area contributed by atoms with Crippen molar-refractivity contribution in [1.29, 1.82) is 5.26 Å². The predicted molar refractivity (Wildman–Crippen MR) is 100 cm³/mol. The molecule has 1 heterocycles. The van der Waals surface area contributed by atoms with Crippen molar-refractivity contribution < 1.29 is 9.59 Å². The molecule has 26 heavy (non-hydrogen) atoms. The lowest BCUT2D eigenvalue weighted by molar-refractivity contribution is 0.0949. The van der Waals surface area contributed by atoms with Gasteiger partial charge in [0.15, 0.2) is 0 Å². The molecular weight excluding hydrogens is 352 g/mol. The predicted octanol–water partition coefficient (Wildman–Crippen LogP) is 3.13. The Morgan fingerprint density at radius 2 is 2.00 bits per heavy atom. The molecule has 2 rings (SSSR count). The number of nitrogens with zero attached hydrogens (tertiary/aromatic N) is 2. The lowest BCUT2D eigenvalue weighted by atomic mass is 9.90. The number of nitriles is 1. The monoisotopic (exact) mass is 370 g/mol. The average molecular weight is 371 g/mol. The number of hydrogen-bond acceptors (Lipinski definition) is 4. The molecule has 134 valence electrons. The molecule has 0 saturated carbocycles. The van der Waals surface area contributed by atoms with Crippen LogP contribution < -0.4 is 11.1 Å². The van der Waals surface area contributed by atoms with Crippen molar-refractivity contribution in [2.24, 2.45) is 5.73 Å². The highest BCUT2D eigenvalue weighted by Gasteiger charge is 2.25. The molecule has 0 fully saturated rings. The first kappa shape index (κ1) is 19.4. The van der Waals surface area contributed by atoms with Gasteiger partial charge in [0.05, 0.1) is 17.2 Å². The first-order valence-electron chi connectivity index (χ1n) is 8.11. The summed E-state index contributed by atoms with van der Waals surface area (Å²) < 4.78 is 0. The van der Waals surface area contributed by atoms with Gasteiger partial charge in [0, 0.05) is 28.4 Å². The maximum atomic E-state index is 12.7. The van der Waals surface area contributed by atoms with E-state index in [1.807, 2.05) is 6.92 Å². The van der Waals surface area contributed by atoms with Crippen molar-refractivity contribution in [3.8, 4) is 17.2 Å². The molecule has 0 bridgehead atoms. The van der Waals surface area contributed by atoms with E-state index in [1.165, 1.54) is 6.07 Å². The lowest BCUT2D eigenvalue weighted by Gasteiger charge is -2.17. The number of nitrogens with two attached hydrogens (primary N) is 1. The fraction of sp³-hybridized carbons (Fsp3) is 0.263. The Labute approximate surface area is 157 Å². The number of aryl methyl sites for hydroxylation is 1. The molecule has 0 unspecified atom stereocenters. The first-order valence-corrected chi connectivity index (χ1v) is 8.48. The van der Waals surface area contributed by atoms with E-state index in [-0.39, 0.29) is 22.4 Å². The molecule has 0 radical (unpaired) electrons. The number of carbonyl (C=O) groups excluding carboxylic acids is 2. The summed E-state index contributed by atoms with van der Waals surface area (Å²) in [5.74, 6) is -1.14. The topological polar surface area (TPSA) is 109 Å². The van der Waals surface area contributed by atoms with E-state index >= 15 is 0 Å². The van der Waals surface area contributed by atoms with Crippen LogP contribution in [-0.2, 0) is 0 Å². The quantitative estimate of drug-likeness (QED) is 0.842. The number of amides is 2. The van der Waals surface area contributed by atoms with Crippen LogP contribution in [-0.4, -0.2) is 23.3 Å². The highest BCUT2D eigenvalue weighted by Crippen LogP contribution is 2.36. The van der Waals surface area contributed by atoms with Crippen LogP contribution in [0.4, 0.5) is 0 Å². The summed E-state index contributed by atoms with van der Waals surface area (Å²) in [5, 5.41) is 12.7. The number of rotatable bonds is 5. The van der Waals surface area contributed by atoms with Gasteiger partial charge >= 0.3 is 0 Å². The summed E-state index contributed by atoms with van der Waals surface area (Å²) in [7, 11) is 0. The molecule has 1 aromatic heterocycles. The maximum Gasteiger partial charge on any atom is 0.270 e. The zero-order chi connectivity index (χ0) is 19.4. The number of aromatic nitrogens is 1. The molecule has 2 aromatic rings. The minimum atomic E-state index is -0.710. The summed E-state index contributed by atoms with van der Waals surface area (Å²) in [6, 6.07) is 6.73. The molecular formula is C19H19ClN4O2. The fourth-order valence-electron chi connectivity index (χ4n) is 2.71. The third-order valence-corrected chi connectivity index (χ3v) is 4.34. The van der Waals surface area contributed by atoms with Crippen LogP contribution >= 0.6 is 11.6 Å². The number of nitrogens with one attached hydrogen (secondary N) is 1. The number of primary amides is 1. The third-order valence-electron chi connectivity index (χ3n) is 3.93. The van der Waals surface area contributed by atoms with Gasteiger partial charge in [0.2, 0.25) is 5.91 Å². The van der Waals surface area contributed by atoms with E-state index in [2.05, 4.69) is 16.4 Å². The molecule has 6 nitrogen and oxygen atoms in total. The zero-order valence-electron chi connectivity index (χ0n) is 14.8. The van der Waals surface area contributed by atoms with Crippen molar-refractivity contribution in [1.82, 2.24) is 10.3 Å². The molecule has 3 N–H and O–H groups in total. The minimum Gasteiger partial charge on any atom is -0.366 e. The van der Waals surface area contributed by atoms with Gasteiger partial charge in [-0.15, -0.1) is 0 Å². The number of benzene rings is 1. The zero-order valence-corrected chi connectivity index (χ0v) is 15.6. The van der Waals surface area contributed by atoms with Gasteiger partial charge in [-0.2, -0.15) is 5.26 Å². The van der Waals surface area contributed by atoms with Crippen LogP contribution in [0.5, 0.6) is 0 Å². The van der Waals surface area contributed by atoms with Crippen LogP contribution in [0.25, 0.3) is 11.1 Å². The summed E-state index contributed by atoms with van der Waals surface area (Å²) in [6.45, 7) is 5.77. The number of hydrogen-bond donors (Lipinski definition) is 2. The Morgan fingerprint density at radius 3 is 2.58 bits per heavy atom. The van der Waals surface area contributed by atoms with Crippen LogP contribution in [0.1, 0.15) is 51.0 Å². The standard InChI is InChI=1S/C19H19ClN4O2/c1-4-7-23-19(26)17-16(13(18(22)25)8-10(2)24-17)15-11(3)14(20)6-5-12(15)9-21/h5-6,8H,4,7H2,1-3H3,(H2,22,25)(H,23,26). The molecule has 1 aromatic carbocycles. The van der Waals surface area contributed by atoms with Crippen LogP contribution in [0.15, 0.2) is 18.2 Å². The lowest BCUT2D eigenvalue weighted by Crippen LogP contribution is -2.27. The van der Waals surface area contributed by atoms with Gasteiger partial charge in [-0.3, -0.25) is 9.59 Å². The van der Waals surface area contributed by atoms with Gasteiger partial charge in [-0.25, -0.2) is 4.98 Å². The van der Waals surface area contributed by atoms with E-state index in [0.717, 1.165) is 6.42 Å². The Morgan fingerprint density at radius 1 is 1.31 bits per heavy atom. The van der Waals surface area contributed by atoms with Crippen molar-refractivity contribution in [2.75, 3.05) is 6.54 Å². The van der Waals surface area contributed by atoms with Gasteiger partial charge in [0.1, 0.15) is 5.69 Å². The largest absolute Gasteiger partial charge is 0.366 e. The smallest absolute Gasteiger partial charge is 0.270 e. The summed E-state index contributed by atoms with van der Waals surface area (Å²) >= 11 is 6.22. The molecule has 0 aliphatic rings. The van der Waals surface area contributed by atoms with E-state index in [4.69, 9.17) is 17.3 Å². The summed E-state index contributed by atoms with van der Waals surface area (Å²) in [6.07, 6.45) is 0.745. The second-order valence-corrected chi connectivity index (χ2v) is 6.27. The molecule has 0 aliphatic heterocycles. The average Bonchev–Trinajstić information content (AvgIpc) is 2.61. The van der Waals surface area contributed by atoms with Gasteiger partial charge in [-0.1, -0.05) is 18.5 Å². The van der Waals surface area contributed by atoms with Gasteiger partial charge in [0.25, 0.3) is 5.91 Å². The highest BCUT2D eigenvalue weighted by molar-refractivity contribution is 6.32. The second kappa shape index (κ2) is 7.98. The van der Waals surface area contributed by atoms with Gasteiger partial charge < -0.3 is 11.1 Å².